The standard InChI is InChI=1S/C21H18N2O4S2/c1-2-27-21(24)15-9-11-17(12-10-15)29(25,26)23-19-8-4-3-7-18(19)22-20(23)14-16-6-5-13-28-16/h3-13H,2,14H2,1H3. The average molecular weight is 427 g/mol. The van der Waals surface area contributed by atoms with Crippen molar-refractivity contribution in [3.63, 3.8) is 0 Å². The van der Waals surface area contributed by atoms with Gasteiger partial charge in [0.1, 0.15) is 5.82 Å². The lowest BCUT2D eigenvalue weighted by molar-refractivity contribution is 0.0526. The van der Waals surface area contributed by atoms with Gasteiger partial charge in [0.05, 0.1) is 28.1 Å². The van der Waals surface area contributed by atoms with E-state index in [1.54, 1.807) is 36.5 Å². The first-order chi connectivity index (χ1) is 14.0. The third kappa shape index (κ3) is 3.68. The Morgan fingerprint density at radius 2 is 1.83 bits per heavy atom. The van der Waals surface area contributed by atoms with Crippen LogP contribution in [0.1, 0.15) is 28.0 Å². The minimum absolute atomic E-state index is 0.0844. The normalized spacial score (nSPS) is 11.6. The largest absolute Gasteiger partial charge is 0.462 e. The van der Waals surface area contributed by atoms with E-state index in [-0.39, 0.29) is 11.5 Å². The van der Waals surface area contributed by atoms with Gasteiger partial charge in [0.2, 0.25) is 0 Å². The Kier molecular flexibility index (Phi) is 5.21. The molecule has 2 aromatic heterocycles. The summed E-state index contributed by atoms with van der Waals surface area (Å²) in [6.45, 7) is 1.97. The lowest BCUT2D eigenvalue weighted by Gasteiger charge is -2.11. The van der Waals surface area contributed by atoms with Crippen molar-refractivity contribution in [1.82, 2.24) is 8.96 Å². The molecule has 0 aliphatic heterocycles. The lowest BCUT2D eigenvalue weighted by atomic mass is 10.2. The molecule has 29 heavy (non-hydrogen) atoms. The van der Waals surface area contributed by atoms with Gasteiger partial charge in [-0.1, -0.05) is 18.2 Å². The molecule has 0 spiro atoms. The van der Waals surface area contributed by atoms with Gasteiger partial charge in [0, 0.05) is 11.3 Å². The van der Waals surface area contributed by atoms with Gasteiger partial charge in [-0.15, -0.1) is 11.3 Å². The summed E-state index contributed by atoms with van der Waals surface area (Å²) >= 11 is 1.55. The minimum atomic E-state index is -3.90. The number of carbonyl (C=O) groups is 1. The molecule has 2 aromatic carbocycles. The van der Waals surface area contributed by atoms with Crippen LogP contribution >= 0.6 is 11.3 Å². The molecule has 6 nitrogen and oxygen atoms in total. The van der Waals surface area contributed by atoms with E-state index in [0.29, 0.717) is 28.8 Å². The van der Waals surface area contributed by atoms with E-state index in [2.05, 4.69) is 4.98 Å². The van der Waals surface area contributed by atoms with Crippen molar-refractivity contribution in [2.75, 3.05) is 6.61 Å². The molecule has 0 fully saturated rings. The summed E-state index contributed by atoms with van der Waals surface area (Å²) in [5.74, 6) is -0.0361. The Balaban J connectivity index is 1.81. The molecule has 0 N–H and O–H groups in total. The van der Waals surface area contributed by atoms with E-state index >= 15 is 0 Å². The zero-order chi connectivity index (χ0) is 20.4. The average Bonchev–Trinajstić information content (AvgIpc) is 3.36. The quantitative estimate of drug-likeness (QED) is 0.434. The van der Waals surface area contributed by atoms with Crippen LogP contribution in [-0.4, -0.2) is 30.0 Å². The number of hydrogen-bond acceptors (Lipinski definition) is 6. The van der Waals surface area contributed by atoms with E-state index in [1.807, 2.05) is 23.6 Å². The van der Waals surface area contributed by atoms with E-state index in [1.165, 1.54) is 28.2 Å². The number of esters is 1. The number of carbonyl (C=O) groups excluding carboxylic acids is 1. The lowest BCUT2D eigenvalue weighted by Crippen LogP contribution is -2.16. The van der Waals surface area contributed by atoms with Crippen LogP contribution in [0, 0.1) is 0 Å². The fraction of sp³-hybridized carbons (Fsp3) is 0.143. The Hall–Kier alpha value is -2.97. The molecule has 0 atom stereocenters. The zero-order valence-corrected chi connectivity index (χ0v) is 17.2. The fourth-order valence-electron chi connectivity index (χ4n) is 3.09. The number of imidazole rings is 1. The topological polar surface area (TPSA) is 78.3 Å². The minimum Gasteiger partial charge on any atom is -0.462 e. The van der Waals surface area contributed by atoms with Crippen LogP contribution in [0.2, 0.25) is 0 Å². The van der Waals surface area contributed by atoms with Crippen LogP contribution in [0.25, 0.3) is 11.0 Å². The third-order valence-corrected chi connectivity index (χ3v) is 7.03. The van der Waals surface area contributed by atoms with Gasteiger partial charge in [-0.05, 0) is 54.8 Å². The molecule has 0 bridgehead atoms. The summed E-state index contributed by atoms with van der Waals surface area (Å²) in [7, 11) is -3.90. The molecule has 0 saturated heterocycles. The van der Waals surface area contributed by atoms with Gasteiger partial charge in [-0.2, -0.15) is 0 Å². The number of fused-ring (bicyclic) bond motifs is 1. The smallest absolute Gasteiger partial charge is 0.338 e. The molecule has 4 rings (SSSR count). The first-order valence-electron chi connectivity index (χ1n) is 9.02. The molecule has 0 unspecified atom stereocenters. The summed E-state index contributed by atoms with van der Waals surface area (Å²) in [5, 5.41) is 1.95. The Labute approximate surface area is 172 Å². The number of aromatic nitrogens is 2. The fourth-order valence-corrected chi connectivity index (χ4v) is 5.27. The van der Waals surface area contributed by atoms with Gasteiger partial charge in [0.15, 0.2) is 0 Å². The summed E-state index contributed by atoms with van der Waals surface area (Å²) in [4.78, 5) is 17.5. The third-order valence-electron chi connectivity index (χ3n) is 4.40. The van der Waals surface area contributed by atoms with Crippen LogP contribution in [0.15, 0.2) is 70.9 Å². The zero-order valence-electron chi connectivity index (χ0n) is 15.6. The Bertz CT molecular complexity index is 1260. The molecule has 2 heterocycles. The molecule has 0 saturated carbocycles. The molecule has 0 aliphatic rings. The van der Waals surface area contributed by atoms with Crippen molar-refractivity contribution in [3.8, 4) is 0 Å². The van der Waals surface area contributed by atoms with Crippen molar-refractivity contribution in [2.45, 2.75) is 18.2 Å². The van der Waals surface area contributed by atoms with Crippen molar-refractivity contribution >= 4 is 38.4 Å². The molecule has 148 valence electrons. The predicted octanol–water partition coefficient (Wildman–Crippen LogP) is 4.10. The highest BCUT2D eigenvalue weighted by atomic mass is 32.2. The van der Waals surface area contributed by atoms with Crippen molar-refractivity contribution in [3.05, 3.63) is 82.3 Å². The maximum absolute atomic E-state index is 13.5. The Morgan fingerprint density at radius 1 is 1.07 bits per heavy atom. The van der Waals surface area contributed by atoms with E-state index < -0.39 is 16.0 Å². The molecular formula is C21H18N2O4S2. The van der Waals surface area contributed by atoms with Gasteiger partial charge < -0.3 is 4.74 Å². The molecular weight excluding hydrogens is 408 g/mol. The van der Waals surface area contributed by atoms with Crippen LogP contribution < -0.4 is 0 Å². The van der Waals surface area contributed by atoms with Crippen LogP contribution in [0.4, 0.5) is 0 Å². The highest BCUT2D eigenvalue weighted by Crippen LogP contribution is 2.26. The van der Waals surface area contributed by atoms with E-state index in [4.69, 9.17) is 4.74 Å². The summed E-state index contributed by atoms with van der Waals surface area (Å²) in [6.07, 6.45) is 0.409. The van der Waals surface area contributed by atoms with Crippen molar-refractivity contribution < 1.29 is 17.9 Å². The van der Waals surface area contributed by atoms with Crippen LogP contribution in [0.5, 0.6) is 0 Å². The number of benzene rings is 2. The monoisotopic (exact) mass is 426 g/mol. The van der Waals surface area contributed by atoms with E-state index in [0.717, 1.165) is 4.88 Å². The second-order valence-corrected chi connectivity index (χ2v) is 9.11. The Morgan fingerprint density at radius 3 is 2.52 bits per heavy atom. The summed E-state index contributed by atoms with van der Waals surface area (Å²) in [5.41, 5.74) is 1.44. The molecule has 0 radical (unpaired) electrons. The maximum atomic E-state index is 13.5. The van der Waals surface area contributed by atoms with Crippen LogP contribution in [-0.2, 0) is 21.2 Å². The highest BCUT2D eigenvalue weighted by Gasteiger charge is 2.25. The predicted molar refractivity (Wildman–Crippen MR) is 112 cm³/mol. The molecule has 8 heteroatoms. The molecule has 0 amide bonds. The van der Waals surface area contributed by atoms with Crippen molar-refractivity contribution in [2.24, 2.45) is 0 Å². The van der Waals surface area contributed by atoms with Crippen molar-refractivity contribution in [1.29, 1.82) is 0 Å². The number of thiophene rings is 1. The van der Waals surface area contributed by atoms with E-state index in [9.17, 15) is 13.2 Å². The molecule has 0 aliphatic carbocycles. The first-order valence-corrected chi connectivity index (χ1v) is 11.3. The number of rotatable bonds is 6. The first kappa shape index (κ1) is 19.4. The molecule has 4 aromatic rings. The SMILES string of the molecule is CCOC(=O)c1ccc(S(=O)(=O)n2c(Cc3cccs3)nc3ccccc32)cc1. The second-order valence-electron chi connectivity index (χ2n) is 6.29. The summed E-state index contributed by atoms with van der Waals surface area (Å²) in [6, 6.07) is 16.8. The summed E-state index contributed by atoms with van der Waals surface area (Å²) < 4.78 is 33.2. The van der Waals surface area contributed by atoms with Gasteiger partial charge in [-0.3, -0.25) is 0 Å². The van der Waals surface area contributed by atoms with Gasteiger partial charge in [-0.25, -0.2) is 22.2 Å². The van der Waals surface area contributed by atoms with Gasteiger partial charge >= 0.3 is 5.97 Å². The second kappa shape index (κ2) is 7.81. The number of hydrogen-bond donors (Lipinski definition) is 0. The highest BCUT2D eigenvalue weighted by molar-refractivity contribution is 7.90. The maximum Gasteiger partial charge on any atom is 0.338 e. The number of para-hydroxylation sites is 2. The van der Waals surface area contributed by atoms with Crippen LogP contribution in [0.3, 0.4) is 0 Å². The number of nitrogens with zero attached hydrogens (tertiary/aromatic N) is 2. The number of ether oxygens (including phenoxy) is 1. The van der Waals surface area contributed by atoms with Gasteiger partial charge in [0.25, 0.3) is 10.0 Å².